The maximum atomic E-state index is 14.2. The van der Waals surface area contributed by atoms with Crippen molar-refractivity contribution in [3.8, 4) is 11.4 Å². The van der Waals surface area contributed by atoms with Crippen LogP contribution in [0.4, 0.5) is 22.0 Å². The molecule has 3 unspecified atom stereocenters. The molecular weight excluding hydrogens is 495 g/mol. The van der Waals surface area contributed by atoms with E-state index in [0.717, 1.165) is 55.1 Å². The first-order valence-corrected chi connectivity index (χ1v) is 12.2. The summed E-state index contributed by atoms with van der Waals surface area (Å²) in [6.07, 6.45) is 4.75. The van der Waals surface area contributed by atoms with Crippen molar-refractivity contribution in [3.05, 3.63) is 47.4 Å². The van der Waals surface area contributed by atoms with Crippen LogP contribution in [0.3, 0.4) is 0 Å². The molecule has 0 aromatic carbocycles. The summed E-state index contributed by atoms with van der Waals surface area (Å²) in [6, 6.07) is 0.909. The lowest BCUT2D eigenvalue weighted by Crippen LogP contribution is -2.42. The minimum Gasteiger partial charge on any atom is -0.375 e. The van der Waals surface area contributed by atoms with Crippen LogP contribution in [-0.2, 0) is 6.54 Å². The van der Waals surface area contributed by atoms with E-state index >= 15 is 0 Å². The molecule has 200 valence electrons. The Balaban J connectivity index is 1.77. The van der Waals surface area contributed by atoms with Crippen LogP contribution in [0, 0.1) is 17.0 Å². The Bertz CT molecular complexity index is 1300. The number of likely N-dealkylation sites (tertiary alicyclic amines) is 1. The van der Waals surface area contributed by atoms with Gasteiger partial charge in [-0.05, 0) is 38.3 Å². The molecule has 3 atom stereocenters. The summed E-state index contributed by atoms with van der Waals surface area (Å²) in [5, 5.41) is 22.9. The first-order valence-electron chi connectivity index (χ1n) is 12.2. The largest absolute Gasteiger partial charge is 0.408 e. The van der Waals surface area contributed by atoms with Crippen molar-refractivity contribution in [2.45, 2.75) is 77.0 Å². The van der Waals surface area contributed by atoms with Gasteiger partial charge in [-0.3, -0.25) is 14.0 Å². The zero-order valence-electron chi connectivity index (χ0n) is 20.5. The van der Waals surface area contributed by atoms with Crippen LogP contribution >= 0.6 is 0 Å². The zero-order valence-corrected chi connectivity index (χ0v) is 20.5. The van der Waals surface area contributed by atoms with Crippen LogP contribution in [0.5, 0.6) is 0 Å². The number of alkyl halides is 3. The molecule has 0 radical (unpaired) electrons. The molecule has 12 heteroatoms. The standard InChI is InChI=1S/C25H29F5N6O/c1-3-4-5-17-7-6-15(2)36(17)22(37)9-8-20-18(11-31)23(33-35(20)14-25(28,29)30)21-12-32-24-19(27)10-16(26)13-34(21)24/h8-13,15,17,22,31,37H,3-7,14H2,1-2H3/b9-8+,31-11?. The fraction of sp³-hybridized carbons (Fsp3) is 0.480. The van der Waals surface area contributed by atoms with Gasteiger partial charge in [0.25, 0.3) is 0 Å². The second kappa shape index (κ2) is 10.7. The third kappa shape index (κ3) is 5.59. The third-order valence-corrected chi connectivity index (χ3v) is 6.74. The molecule has 0 aliphatic carbocycles. The summed E-state index contributed by atoms with van der Waals surface area (Å²) in [5.74, 6) is -1.85. The van der Waals surface area contributed by atoms with Gasteiger partial charge in [0.05, 0.1) is 17.6 Å². The van der Waals surface area contributed by atoms with Gasteiger partial charge in [-0.15, -0.1) is 0 Å². The van der Waals surface area contributed by atoms with Gasteiger partial charge in [-0.2, -0.15) is 18.3 Å². The molecule has 1 aliphatic heterocycles. The van der Waals surface area contributed by atoms with Crippen LogP contribution < -0.4 is 0 Å². The second-order valence-corrected chi connectivity index (χ2v) is 9.35. The smallest absolute Gasteiger partial charge is 0.375 e. The number of halogens is 5. The van der Waals surface area contributed by atoms with Crippen LogP contribution in [-0.4, -0.2) is 59.9 Å². The van der Waals surface area contributed by atoms with Crippen LogP contribution in [0.25, 0.3) is 23.1 Å². The number of aliphatic hydroxyl groups is 1. The molecule has 0 amide bonds. The molecule has 0 saturated carbocycles. The molecule has 1 fully saturated rings. The Morgan fingerprint density at radius 3 is 2.70 bits per heavy atom. The van der Waals surface area contributed by atoms with Crippen LogP contribution in [0.1, 0.15) is 57.2 Å². The van der Waals surface area contributed by atoms with Gasteiger partial charge in [-0.1, -0.05) is 19.8 Å². The van der Waals surface area contributed by atoms with Gasteiger partial charge >= 0.3 is 6.18 Å². The van der Waals surface area contributed by atoms with E-state index in [4.69, 9.17) is 5.41 Å². The Morgan fingerprint density at radius 2 is 2.03 bits per heavy atom. The highest BCUT2D eigenvalue weighted by atomic mass is 19.4. The van der Waals surface area contributed by atoms with E-state index in [0.29, 0.717) is 10.7 Å². The molecule has 0 bridgehead atoms. The number of nitrogens with one attached hydrogen (secondary N) is 1. The lowest BCUT2D eigenvalue weighted by Gasteiger charge is -2.31. The normalized spacial score (nSPS) is 19.9. The Morgan fingerprint density at radius 1 is 1.27 bits per heavy atom. The fourth-order valence-electron chi connectivity index (χ4n) is 5.05. The summed E-state index contributed by atoms with van der Waals surface area (Å²) in [4.78, 5) is 5.86. The fourth-order valence-corrected chi connectivity index (χ4v) is 5.05. The first kappa shape index (κ1) is 26.9. The second-order valence-electron chi connectivity index (χ2n) is 9.35. The van der Waals surface area contributed by atoms with E-state index in [1.807, 2.05) is 11.8 Å². The summed E-state index contributed by atoms with van der Waals surface area (Å²) in [5.41, 5.74) is -0.371. The van der Waals surface area contributed by atoms with Crippen molar-refractivity contribution >= 4 is 17.9 Å². The average Bonchev–Trinajstić information content (AvgIpc) is 3.49. The molecule has 3 aromatic heterocycles. The number of unbranched alkanes of at least 4 members (excludes halogenated alkanes) is 1. The summed E-state index contributed by atoms with van der Waals surface area (Å²) in [6.45, 7) is 2.63. The maximum absolute atomic E-state index is 14.2. The molecule has 2 N–H and O–H groups in total. The Kier molecular flexibility index (Phi) is 7.79. The topological polar surface area (TPSA) is 82.4 Å². The van der Waals surface area contributed by atoms with E-state index in [1.165, 1.54) is 12.2 Å². The minimum absolute atomic E-state index is 0.00354. The number of aromatic nitrogens is 4. The SMILES string of the molecule is CCCCC1CCC(C)N1C(O)/C=C/c1c(C=N)c(-c2cnc3c(F)cc(F)cn23)nn1CC(F)(F)F. The monoisotopic (exact) mass is 524 g/mol. The number of hydrogen-bond acceptors (Lipinski definition) is 5. The number of fused-ring (bicyclic) bond motifs is 1. The van der Waals surface area contributed by atoms with E-state index in [1.54, 1.807) is 0 Å². The van der Waals surface area contributed by atoms with Gasteiger partial charge in [-0.25, -0.2) is 13.8 Å². The number of rotatable bonds is 9. The van der Waals surface area contributed by atoms with Crippen molar-refractivity contribution < 1.29 is 27.1 Å². The highest BCUT2D eigenvalue weighted by molar-refractivity contribution is 5.91. The Labute approximate surface area is 210 Å². The van der Waals surface area contributed by atoms with E-state index < -0.39 is 30.6 Å². The molecule has 4 rings (SSSR count). The summed E-state index contributed by atoms with van der Waals surface area (Å²) < 4.78 is 70.1. The molecule has 0 spiro atoms. The van der Waals surface area contributed by atoms with Gasteiger partial charge in [0, 0.05) is 36.1 Å². The van der Waals surface area contributed by atoms with Crippen LogP contribution in [0.15, 0.2) is 24.5 Å². The predicted molar refractivity (Wildman–Crippen MR) is 129 cm³/mol. The van der Waals surface area contributed by atoms with E-state index in [2.05, 4.69) is 17.0 Å². The summed E-state index contributed by atoms with van der Waals surface area (Å²) in [7, 11) is 0. The molecule has 4 heterocycles. The average molecular weight is 525 g/mol. The number of hydrogen-bond donors (Lipinski definition) is 2. The van der Waals surface area contributed by atoms with Crippen molar-refractivity contribution in [1.82, 2.24) is 24.1 Å². The molecule has 7 nitrogen and oxygen atoms in total. The first-order chi connectivity index (χ1) is 17.5. The quantitative estimate of drug-likeness (QED) is 0.290. The zero-order chi connectivity index (χ0) is 26.9. The van der Waals surface area contributed by atoms with Gasteiger partial charge < -0.3 is 10.5 Å². The van der Waals surface area contributed by atoms with Gasteiger partial charge in [0.2, 0.25) is 0 Å². The molecule has 1 aliphatic rings. The molecular formula is C25H29F5N6O. The number of nitrogens with zero attached hydrogens (tertiary/aromatic N) is 5. The van der Waals surface area contributed by atoms with E-state index in [-0.39, 0.29) is 40.4 Å². The highest BCUT2D eigenvalue weighted by Crippen LogP contribution is 2.32. The summed E-state index contributed by atoms with van der Waals surface area (Å²) >= 11 is 0. The lowest BCUT2D eigenvalue weighted by atomic mass is 10.1. The molecule has 37 heavy (non-hydrogen) atoms. The van der Waals surface area contributed by atoms with Gasteiger partial charge in [0.15, 0.2) is 11.5 Å². The van der Waals surface area contributed by atoms with Crippen molar-refractivity contribution in [2.75, 3.05) is 0 Å². The minimum atomic E-state index is -4.63. The number of aliphatic hydroxyl groups excluding tert-OH is 1. The Hall–Kier alpha value is -3.12. The highest BCUT2D eigenvalue weighted by Gasteiger charge is 2.34. The lowest BCUT2D eigenvalue weighted by molar-refractivity contribution is -0.142. The van der Waals surface area contributed by atoms with Crippen molar-refractivity contribution in [3.63, 3.8) is 0 Å². The van der Waals surface area contributed by atoms with E-state index in [9.17, 15) is 27.1 Å². The molecule has 1 saturated heterocycles. The van der Waals surface area contributed by atoms with Gasteiger partial charge in [0.1, 0.15) is 24.3 Å². The number of imidazole rings is 1. The predicted octanol–water partition coefficient (Wildman–Crippen LogP) is 5.41. The van der Waals surface area contributed by atoms with Crippen molar-refractivity contribution in [1.29, 1.82) is 5.41 Å². The third-order valence-electron chi connectivity index (χ3n) is 6.74. The maximum Gasteiger partial charge on any atom is 0.408 e. The molecule has 3 aromatic rings. The van der Waals surface area contributed by atoms with Crippen LogP contribution in [0.2, 0.25) is 0 Å². The van der Waals surface area contributed by atoms with Crippen molar-refractivity contribution in [2.24, 2.45) is 0 Å². The number of pyridine rings is 1.